The van der Waals surface area contributed by atoms with E-state index in [2.05, 4.69) is 130 Å². The Kier molecular flexibility index (Phi) is 16.0. The molecule has 1 aromatic carbocycles. The third-order valence-electron chi connectivity index (χ3n) is 9.37. The average molecular weight is 601 g/mol. The molecule has 0 heterocycles. The van der Waals surface area contributed by atoms with E-state index < -0.39 is 0 Å². The molecule has 0 aliphatic heterocycles. The molecule has 0 radical (unpaired) electrons. The predicted octanol–water partition coefficient (Wildman–Crippen LogP) is 12.3. The summed E-state index contributed by atoms with van der Waals surface area (Å²) in [6, 6.07) is 6.56. The van der Waals surface area contributed by atoms with Crippen LogP contribution in [0.5, 0.6) is 5.75 Å². The molecule has 1 saturated carbocycles. The Morgan fingerprint density at radius 3 is 2.25 bits per heavy atom. The summed E-state index contributed by atoms with van der Waals surface area (Å²) >= 11 is 0. The fourth-order valence-corrected chi connectivity index (χ4v) is 5.17. The van der Waals surface area contributed by atoms with E-state index in [4.69, 9.17) is 9.73 Å². The first-order chi connectivity index (χ1) is 20.9. The van der Waals surface area contributed by atoms with Crippen molar-refractivity contribution in [2.75, 3.05) is 13.1 Å². The number of aryl methyl sites for hydroxylation is 1. The van der Waals surface area contributed by atoms with Crippen molar-refractivity contribution in [3.63, 3.8) is 0 Å². The van der Waals surface area contributed by atoms with E-state index in [1.807, 2.05) is 0 Å². The Bertz CT molecular complexity index is 1250. The molecule has 0 N–H and O–H groups in total. The second kappa shape index (κ2) is 18.9. The van der Waals surface area contributed by atoms with E-state index in [-0.39, 0.29) is 0 Å². The maximum absolute atomic E-state index is 6.41. The zero-order chi connectivity index (χ0) is 32.8. The first-order valence-electron chi connectivity index (χ1n) is 17.5. The van der Waals surface area contributed by atoms with Crippen molar-refractivity contribution in [1.29, 1.82) is 0 Å². The van der Waals surface area contributed by atoms with Crippen LogP contribution in [0.2, 0.25) is 0 Å². The van der Waals surface area contributed by atoms with Crippen molar-refractivity contribution in [3.8, 4) is 5.75 Å². The van der Waals surface area contributed by atoms with Gasteiger partial charge in [0.1, 0.15) is 5.75 Å². The molecule has 244 valence electrons. The number of allylic oxidation sites excluding steroid dienone is 8. The number of rotatable bonds is 17. The van der Waals surface area contributed by atoms with Crippen LogP contribution < -0.4 is 4.74 Å². The molecule has 2 unspecified atom stereocenters. The van der Waals surface area contributed by atoms with E-state index in [9.17, 15) is 0 Å². The summed E-state index contributed by atoms with van der Waals surface area (Å²) < 4.78 is 6.41. The van der Waals surface area contributed by atoms with Crippen LogP contribution in [0.15, 0.2) is 75.7 Å². The van der Waals surface area contributed by atoms with Crippen molar-refractivity contribution in [1.82, 2.24) is 4.90 Å². The Morgan fingerprint density at radius 1 is 1.00 bits per heavy atom. The lowest BCUT2D eigenvalue weighted by Crippen LogP contribution is -2.28. The van der Waals surface area contributed by atoms with Crippen LogP contribution in [0.4, 0.5) is 0 Å². The van der Waals surface area contributed by atoms with Gasteiger partial charge in [0.15, 0.2) is 0 Å². The topological polar surface area (TPSA) is 24.8 Å². The molecule has 3 heteroatoms. The predicted molar refractivity (Wildman–Crippen MR) is 195 cm³/mol. The Morgan fingerprint density at radius 2 is 1.70 bits per heavy atom. The minimum absolute atomic E-state index is 0.335. The summed E-state index contributed by atoms with van der Waals surface area (Å²) in [5.41, 5.74) is 9.84. The molecular weight excluding hydrogens is 536 g/mol. The molecular formula is C41H64N2O. The van der Waals surface area contributed by atoms with Gasteiger partial charge >= 0.3 is 0 Å². The highest BCUT2D eigenvalue weighted by molar-refractivity contribution is 6.00. The fourth-order valence-electron chi connectivity index (χ4n) is 5.17. The number of benzene rings is 1. The lowest BCUT2D eigenvalue weighted by Gasteiger charge is -2.29. The van der Waals surface area contributed by atoms with Crippen LogP contribution in [-0.4, -0.2) is 23.7 Å². The fraction of sp³-hybridized carbons (Fsp3) is 0.585. The SMILES string of the molecule is C\C=C(/C=C\C(=N/C(=C\C(C)=C1CCC1)c1ccc(C)c(O/C(C)=C(\C)CC)c1)C(C)CC)N(CCC(C)CC)CC(C)C. The van der Waals surface area contributed by atoms with E-state index in [0.29, 0.717) is 11.8 Å². The largest absolute Gasteiger partial charge is 0.462 e. The zero-order valence-electron chi connectivity index (χ0n) is 30.4. The van der Waals surface area contributed by atoms with Gasteiger partial charge in [0.05, 0.1) is 11.5 Å². The van der Waals surface area contributed by atoms with E-state index in [1.54, 1.807) is 5.57 Å². The van der Waals surface area contributed by atoms with Gasteiger partial charge in [-0.2, -0.15) is 0 Å². The number of ether oxygens (including phenoxy) is 1. The first kappa shape index (κ1) is 37.4. The van der Waals surface area contributed by atoms with Crippen molar-refractivity contribution >= 4 is 11.4 Å². The molecule has 1 aliphatic rings. The smallest absolute Gasteiger partial charge is 0.130 e. The number of aliphatic imine (C=N–C) groups is 1. The molecule has 2 rings (SSSR count). The second-order valence-corrected chi connectivity index (χ2v) is 13.5. The van der Waals surface area contributed by atoms with Crippen LogP contribution >= 0.6 is 0 Å². The summed E-state index contributed by atoms with van der Waals surface area (Å²) in [7, 11) is 0. The molecule has 1 aromatic rings. The molecule has 44 heavy (non-hydrogen) atoms. The summed E-state index contributed by atoms with van der Waals surface area (Å²) in [6.45, 7) is 28.9. The highest BCUT2D eigenvalue weighted by atomic mass is 16.5. The van der Waals surface area contributed by atoms with Gasteiger partial charge in [-0.1, -0.05) is 78.7 Å². The number of nitrogens with zero attached hydrogens (tertiary/aromatic N) is 2. The van der Waals surface area contributed by atoms with Crippen molar-refractivity contribution in [3.05, 3.63) is 81.8 Å². The van der Waals surface area contributed by atoms with Gasteiger partial charge in [-0.25, -0.2) is 0 Å². The van der Waals surface area contributed by atoms with Crippen molar-refractivity contribution in [2.45, 2.75) is 128 Å². The highest BCUT2D eigenvalue weighted by Crippen LogP contribution is 2.33. The standard InChI is InChI=1S/C41H64N2O/c1-13-30(7)24-25-43(28-29(5)6)38(16-4)22-23-39(32(9)15-3)42-40(26-34(11)36-18-17-19-36)37-21-20-33(10)41(27-37)44-35(12)31(8)14-2/h16,20-23,26-27,29-30,32H,13-15,17-19,24-25,28H2,1-12H3/b23-22-,35-31+,38-16+,40-26-,42-39+. The maximum atomic E-state index is 6.41. The summed E-state index contributed by atoms with van der Waals surface area (Å²) in [5.74, 6) is 3.56. The van der Waals surface area contributed by atoms with Gasteiger partial charge in [-0.15, -0.1) is 0 Å². The molecule has 0 spiro atoms. The van der Waals surface area contributed by atoms with Gasteiger partial charge in [0.2, 0.25) is 0 Å². The van der Waals surface area contributed by atoms with E-state index >= 15 is 0 Å². The first-order valence-corrected chi connectivity index (χ1v) is 17.5. The van der Waals surface area contributed by atoms with Crippen LogP contribution in [0.3, 0.4) is 0 Å². The van der Waals surface area contributed by atoms with Crippen LogP contribution in [0.1, 0.15) is 132 Å². The minimum atomic E-state index is 0.335. The van der Waals surface area contributed by atoms with Gasteiger partial charge in [-0.05, 0) is 132 Å². The molecule has 0 amide bonds. The van der Waals surface area contributed by atoms with E-state index in [0.717, 1.165) is 65.9 Å². The van der Waals surface area contributed by atoms with Gasteiger partial charge in [0.25, 0.3) is 0 Å². The molecule has 2 atom stereocenters. The molecule has 0 aromatic heterocycles. The van der Waals surface area contributed by atoms with Crippen LogP contribution in [0, 0.1) is 24.7 Å². The molecule has 1 fully saturated rings. The van der Waals surface area contributed by atoms with E-state index in [1.165, 1.54) is 48.9 Å². The second-order valence-electron chi connectivity index (χ2n) is 13.5. The van der Waals surface area contributed by atoms with Gasteiger partial charge < -0.3 is 9.64 Å². The van der Waals surface area contributed by atoms with Crippen molar-refractivity contribution < 1.29 is 4.74 Å². The molecule has 0 bridgehead atoms. The Balaban J connectivity index is 2.62. The third-order valence-corrected chi connectivity index (χ3v) is 9.37. The van der Waals surface area contributed by atoms with Gasteiger partial charge in [-0.3, -0.25) is 4.99 Å². The highest BCUT2D eigenvalue weighted by Gasteiger charge is 2.16. The average Bonchev–Trinajstić information content (AvgIpc) is 2.97. The molecule has 3 nitrogen and oxygen atoms in total. The third kappa shape index (κ3) is 11.6. The van der Waals surface area contributed by atoms with Crippen molar-refractivity contribution in [2.24, 2.45) is 22.7 Å². The maximum Gasteiger partial charge on any atom is 0.130 e. The normalized spacial score (nSPS) is 16.7. The summed E-state index contributed by atoms with van der Waals surface area (Å²) in [5, 5.41) is 0. The number of hydrogen-bond acceptors (Lipinski definition) is 3. The molecule has 1 aliphatic carbocycles. The monoisotopic (exact) mass is 601 g/mol. The molecule has 0 saturated heterocycles. The lowest BCUT2D eigenvalue weighted by molar-refractivity contribution is 0.288. The summed E-state index contributed by atoms with van der Waals surface area (Å²) in [4.78, 5) is 8.03. The van der Waals surface area contributed by atoms with Crippen LogP contribution in [-0.2, 0) is 0 Å². The lowest BCUT2D eigenvalue weighted by atomic mass is 9.88. The number of hydrogen-bond donors (Lipinski definition) is 0. The zero-order valence-corrected chi connectivity index (χ0v) is 30.4. The summed E-state index contributed by atoms with van der Waals surface area (Å²) in [6.07, 6.45) is 17.3. The Labute approximate surface area is 272 Å². The van der Waals surface area contributed by atoms with Gasteiger partial charge in [0, 0.05) is 30.1 Å². The van der Waals surface area contributed by atoms with Crippen LogP contribution in [0.25, 0.3) is 5.70 Å². The Hall–Kier alpha value is -2.81. The quantitative estimate of drug-likeness (QED) is 0.101. The minimum Gasteiger partial charge on any atom is -0.462 e.